The molecule has 0 saturated heterocycles. The van der Waals surface area contributed by atoms with Gasteiger partial charge in [0, 0.05) is 30.4 Å². The van der Waals surface area contributed by atoms with Crippen LogP contribution in [0.25, 0.3) is 0 Å². The third-order valence-corrected chi connectivity index (χ3v) is 3.90. The Morgan fingerprint density at radius 3 is 2.70 bits per heavy atom. The molecule has 23 heavy (non-hydrogen) atoms. The molecule has 0 bridgehead atoms. The molecule has 5 nitrogen and oxygen atoms in total. The summed E-state index contributed by atoms with van der Waals surface area (Å²) in [6.07, 6.45) is 4.83. The number of hydrogen-bond acceptors (Lipinski definition) is 3. The van der Waals surface area contributed by atoms with Crippen LogP contribution in [-0.4, -0.2) is 36.4 Å². The monoisotopic (exact) mass is 316 g/mol. The number of allylic oxidation sites excluding steroid dienone is 1. The van der Waals surface area contributed by atoms with Gasteiger partial charge < -0.3 is 15.0 Å². The highest BCUT2D eigenvalue weighted by Gasteiger charge is 2.14. The molecule has 1 N–H and O–H groups in total. The zero-order valence-electron chi connectivity index (χ0n) is 13.8. The predicted octanol–water partition coefficient (Wildman–Crippen LogP) is 2.98. The number of anilines is 1. The third-order valence-electron chi connectivity index (χ3n) is 3.90. The van der Waals surface area contributed by atoms with E-state index in [1.54, 1.807) is 23.1 Å². The van der Waals surface area contributed by atoms with Gasteiger partial charge in [-0.25, -0.2) is 0 Å². The van der Waals surface area contributed by atoms with Crippen LogP contribution < -0.4 is 10.1 Å². The van der Waals surface area contributed by atoms with E-state index < -0.39 is 0 Å². The van der Waals surface area contributed by atoms with Crippen molar-refractivity contribution < 1.29 is 14.3 Å². The van der Waals surface area contributed by atoms with Crippen molar-refractivity contribution in [3.8, 4) is 5.75 Å². The molecule has 1 aromatic carbocycles. The largest absolute Gasteiger partial charge is 0.484 e. The Morgan fingerprint density at radius 1 is 1.26 bits per heavy atom. The Bertz CT molecular complexity index is 592. The van der Waals surface area contributed by atoms with Gasteiger partial charge in [0.25, 0.3) is 11.8 Å². The maximum atomic E-state index is 12.1. The Hall–Kier alpha value is -2.30. The first-order valence-electron chi connectivity index (χ1n) is 8.15. The minimum Gasteiger partial charge on any atom is -0.484 e. The Labute approximate surface area is 137 Å². The molecular weight excluding hydrogens is 292 g/mol. The third kappa shape index (κ3) is 4.84. The number of amides is 2. The van der Waals surface area contributed by atoms with Crippen molar-refractivity contribution in [1.29, 1.82) is 0 Å². The summed E-state index contributed by atoms with van der Waals surface area (Å²) in [4.78, 5) is 25.7. The molecular formula is C18H24N2O3. The van der Waals surface area contributed by atoms with Gasteiger partial charge >= 0.3 is 0 Å². The number of rotatable bonds is 7. The highest BCUT2D eigenvalue weighted by Crippen LogP contribution is 2.21. The van der Waals surface area contributed by atoms with Crippen molar-refractivity contribution in [3.63, 3.8) is 0 Å². The summed E-state index contributed by atoms with van der Waals surface area (Å²) in [6, 6.07) is 7.13. The van der Waals surface area contributed by atoms with Crippen LogP contribution in [0, 0.1) is 0 Å². The van der Waals surface area contributed by atoms with Gasteiger partial charge in [0.2, 0.25) is 0 Å². The van der Waals surface area contributed by atoms with Crippen molar-refractivity contribution in [2.75, 3.05) is 25.0 Å². The minimum absolute atomic E-state index is 0.00420. The summed E-state index contributed by atoms with van der Waals surface area (Å²) in [5, 5.41) is 2.87. The normalized spacial score (nSPS) is 13.4. The van der Waals surface area contributed by atoms with Crippen LogP contribution in [-0.2, 0) is 9.59 Å². The quantitative estimate of drug-likeness (QED) is 0.841. The van der Waals surface area contributed by atoms with E-state index in [-0.39, 0.29) is 18.4 Å². The molecule has 0 atom stereocenters. The van der Waals surface area contributed by atoms with Gasteiger partial charge in [-0.2, -0.15) is 0 Å². The first-order valence-corrected chi connectivity index (χ1v) is 8.15. The first-order chi connectivity index (χ1) is 11.1. The zero-order valence-corrected chi connectivity index (χ0v) is 13.8. The lowest BCUT2D eigenvalue weighted by molar-refractivity contribution is -0.133. The number of nitrogens with one attached hydrogen (secondary N) is 1. The second kappa shape index (κ2) is 8.36. The number of nitrogens with zero attached hydrogens (tertiary/aromatic N) is 1. The van der Waals surface area contributed by atoms with Gasteiger partial charge in [0.05, 0.1) is 0 Å². The average Bonchev–Trinajstić information content (AvgIpc) is 3.09. The van der Waals surface area contributed by atoms with Gasteiger partial charge in [0.15, 0.2) is 6.61 Å². The fourth-order valence-electron chi connectivity index (χ4n) is 2.56. The molecule has 1 aliphatic rings. The second-order valence-electron chi connectivity index (χ2n) is 5.46. The molecule has 0 aromatic heterocycles. The fourth-order valence-corrected chi connectivity index (χ4v) is 2.56. The molecule has 0 saturated carbocycles. The van der Waals surface area contributed by atoms with Crippen LogP contribution in [0.1, 0.15) is 33.1 Å². The van der Waals surface area contributed by atoms with Crippen molar-refractivity contribution in [2.45, 2.75) is 33.1 Å². The number of ether oxygens (including phenoxy) is 1. The van der Waals surface area contributed by atoms with Crippen LogP contribution in [0.3, 0.4) is 0 Å². The van der Waals surface area contributed by atoms with Gasteiger partial charge in [-0.3, -0.25) is 9.59 Å². The number of likely N-dealkylation sites (N-methyl/N-ethyl adjacent to an activating group) is 1. The highest BCUT2D eigenvalue weighted by molar-refractivity contribution is 6.04. The Balaban J connectivity index is 1.91. The molecule has 1 aliphatic carbocycles. The van der Waals surface area contributed by atoms with Crippen LogP contribution in [0.15, 0.2) is 35.9 Å². The molecule has 2 rings (SSSR count). The molecule has 0 unspecified atom stereocenters. The van der Waals surface area contributed by atoms with Crippen LogP contribution in [0.5, 0.6) is 5.75 Å². The van der Waals surface area contributed by atoms with E-state index in [1.165, 1.54) is 0 Å². The molecule has 0 spiro atoms. The average molecular weight is 316 g/mol. The van der Waals surface area contributed by atoms with Crippen molar-refractivity contribution in [1.82, 2.24) is 4.90 Å². The fraction of sp³-hybridized carbons (Fsp3) is 0.444. The maximum absolute atomic E-state index is 12.1. The number of carbonyl (C=O) groups excluding carboxylic acids is 2. The molecule has 0 heterocycles. The summed E-state index contributed by atoms with van der Waals surface area (Å²) in [7, 11) is 0. The second-order valence-corrected chi connectivity index (χ2v) is 5.46. The van der Waals surface area contributed by atoms with Gasteiger partial charge in [-0.15, -0.1) is 0 Å². The molecule has 0 fully saturated rings. The molecule has 1 aromatic rings. The predicted molar refractivity (Wildman–Crippen MR) is 90.4 cm³/mol. The summed E-state index contributed by atoms with van der Waals surface area (Å²) in [6.45, 7) is 5.22. The topological polar surface area (TPSA) is 58.6 Å². The van der Waals surface area contributed by atoms with Gasteiger partial charge in [-0.05, 0) is 45.2 Å². The molecule has 0 radical (unpaired) electrons. The Kier molecular flexibility index (Phi) is 6.20. The molecule has 2 amide bonds. The Morgan fingerprint density at radius 2 is 2.04 bits per heavy atom. The van der Waals surface area contributed by atoms with E-state index in [0.29, 0.717) is 24.5 Å². The van der Waals surface area contributed by atoms with Crippen LogP contribution in [0.2, 0.25) is 0 Å². The lowest BCUT2D eigenvalue weighted by Gasteiger charge is -2.18. The van der Waals surface area contributed by atoms with E-state index >= 15 is 0 Å². The lowest BCUT2D eigenvalue weighted by atomic mass is 10.2. The van der Waals surface area contributed by atoms with Crippen molar-refractivity contribution in [2.24, 2.45) is 0 Å². The van der Waals surface area contributed by atoms with Gasteiger partial charge in [0.1, 0.15) is 5.75 Å². The van der Waals surface area contributed by atoms with Gasteiger partial charge in [-0.1, -0.05) is 12.1 Å². The van der Waals surface area contributed by atoms with E-state index in [4.69, 9.17) is 4.74 Å². The maximum Gasteiger partial charge on any atom is 0.260 e. The molecule has 0 aliphatic heterocycles. The van der Waals surface area contributed by atoms with Crippen LogP contribution in [0.4, 0.5) is 5.69 Å². The SMILES string of the molecule is CCN(CC)C(=O)COc1cccc(NC(=O)C2=CCCC2)c1. The smallest absolute Gasteiger partial charge is 0.260 e. The number of hydrogen-bond donors (Lipinski definition) is 1. The summed E-state index contributed by atoms with van der Waals surface area (Å²) in [5.74, 6) is 0.475. The van der Waals surface area contributed by atoms with Crippen LogP contribution >= 0.6 is 0 Å². The van der Waals surface area contributed by atoms with Crippen molar-refractivity contribution in [3.05, 3.63) is 35.9 Å². The summed E-state index contributed by atoms with van der Waals surface area (Å²) >= 11 is 0. The van der Waals surface area contributed by atoms with E-state index in [0.717, 1.165) is 24.8 Å². The standard InChI is InChI=1S/C18H24N2O3/c1-3-20(4-2)17(21)13-23-16-11-7-10-15(12-16)19-18(22)14-8-5-6-9-14/h7-8,10-12H,3-6,9,13H2,1-2H3,(H,19,22). The molecule has 5 heteroatoms. The zero-order chi connectivity index (χ0) is 16.7. The first kappa shape index (κ1) is 17.1. The van der Waals surface area contributed by atoms with Crippen molar-refractivity contribution >= 4 is 17.5 Å². The summed E-state index contributed by atoms with van der Waals surface area (Å²) < 4.78 is 5.54. The lowest BCUT2D eigenvalue weighted by Crippen LogP contribution is -2.34. The minimum atomic E-state index is -0.0566. The van der Waals surface area contributed by atoms with E-state index in [9.17, 15) is 9.59 Å². The van der Waals surface area contributed by atoms with E-state index in [2.05, 4.69) is 5.32 Å². The summed E-state index contributed by atoms with van der Waals surface area (Å²) in [5.41, 5.74) is 1.52. The van der Waals surface area contributed by atoms with E-state index in [1.807, 2.05) is 26.0 Å². The number of carbonyl (C=O) groups is 2. The molecule has 124 valence electrons. The number of benzene rings is 1. The highest BCUT2D eigenvalue weighted by atomic mass is 16.5.